The topological polar surface area (TPSA) is 97.8 Å². The number of benzene rings is 2. The molecule has 1 aliphatic rings. The second kappa shape index (κ2) is 8.65. The van der Waals surface area contributed by atoms with Gasteiger partial charge in [-0.05, 0) is 28.3 Å². The maximum absolute atomic E-state index is 12.1. The third kappa shape index (κ3) is 4.10. The van der Waals surface area contributed by atoms with E-state index in [4.69, 9.17) is 14.6 Å². The molecule has 0 saturated carbocycles. The number of hydrogen-bond acceptors (Lipinski definition) is 5. The van der Waals surface area contributed by atoms with E-state index in [2.05, 4.69) is 34.6 Å². The lowest BCUT2D eigenvalue weighted by Gasteiger charge is -2.14. The number of aromatic carboxylic acids is 1. The summed E-state index contributed by atoms with van der Waals surface area (Å²) in [5.41, 5.74) is 4.69. The van der Waals surface area contributed by atoms with Crippen molar-refractivity contribution in [2.45, 2.75) is 5.92 Å². The number of ether oxygens (including phenoxy) is 2. The molecule has 2 aromatic carbocycles. The van der Waals surface area contributed by atoms with E-state index in [9.17, 15) is 9.59 Å². The van der Waals surface area contributed by atoms with Crippen molar-refractivity contribution in [3.8, 4) is 16.9 Å². The zero-order valence-electron chi connectivity index (χ0n) is 16.1. The standard InChI is InChI=1S/C23H20N2O5/c26-22(27)15-11-16(13-24-12-15)29-10-9-25-23(28)30-14-21-19-7-3-1-5-17(19)18-6-2-4-8-20(18)21/h1-8,11-13,21H,9-10,14H2,(H,25,28)(H,26,27). The van der Waals surface area contributed by atoms with E-state index in [0.717, 1.165) is 11.1 Å². The lowest BCUT2D eigenvalue weighted by atomic mass is 9.98. The summed E-state index contributed by atoms with van der Waals surface area (Å²) in [6.07, 6.45) is 2.13. The van der Waals surface area contributed by atoms with Crippen molar-refractivity contribution in [1.29, 1.82) is 0 Å². The number of pyridine rings is 1. The van der Waals surface area contributed by atoms with Crippen molar-refractivity contribution in [2.24, 2.45) is 0 Å². The first-order valence-corrected chi connectivity index (χ1v) is 9.53. The first-order valence-electron chi connectivity index (χ1n) is 9.53. The maximum atomic E-state index is 12.1. The molecule has 2 N–H and O–H groups in total. The highest BCUT2D eigenvalue weighted by Gasteiger charge is 2.28. The molecule has 4 rings (SSSR count). The summed E-state index contributed by atoms with van der Waals surface area (Å²) in [6.45, 7) is 0.619. The van der Waals surface area contributed by atoms with Crippen LogP contribution in [0.2, 0.25) is 0 Å². The molecule has 30 heavy (non-hydrogen) atoms. The van der Waals surface area contributed by atoms with Crippen molar-refractivity contribution in [3.05, 3.63) is 83.7 Å². The van der Waals surface area contributed by atoms with E-state index in [1.807, 2.05) is 24.3 Å². The Balaban J connectivity index is 1.28. The molecule has 7 heteroatoms. The Labute approximate surface area is 173 Å². The van der Waals surface area contributed by atoms with Crippen LogP contribution in [0.1, 0.15) is 27.4 Å². The highest BCUT2D eigenvalue weighted by Crippen LogP contribution is 2.44. The molecule has 1 aromatic heterocycles. The monoisotopic (exact) mass is 404 g/mol. The van der Waals surface area contributed by atoms with E-state index < -0.39 is 12.1 Å². The van der Waals surface area contributed by atoms with Gasteiger partial charge in [0, 0.05) is 12.1 Å². The van der Waals surface area contributed by atoms with Crippen LogP contribution in [0.4, 0.5) is 4.79 Å². The maximum Gasteiger partial charge on any atom is 0.407 e. The number of alkyl carbamates (subject to hydrolysis) is 1. The minimum Gasteiger partial charge on any atom is -0.490 e. The molecule has 0 atom stereocenters. The van der Waals surface area contributed by atoms with E-state index in [1.165, 1.54) is 29.6 Å². The number of hydrogen-bond donors (Lipinski definition) is 2. The molecule has 0 aliphatic heterocycles. The molecular weight excluding hydrogens is 384 g/mol. The van der Waals surface area contributed by atoms with Gasteiger partial charge in [0.1, 0.15) is 19.0 Å². The lowest BCUT2D eigenvalue weighted by molar-refractivity contribution is 0.0696. The van der Waals surface area contributed by atoms with Crippen molar-refractivity contribution in [2.75, 3.05) is 19.8 Å². The molecule has 0 fully saturated rings. The van der Waals surface area contributed by atoms with Crippen LogP contribution in [0.3, 0.4) is 0 Å². The van der Waals surface area contributed by atoms with Crippen LogP contribution in [0, 0.1) is 0 Å². The SMILES string of the molecule is O=C(NCCOc1cncc(C(=O)O)c1)OCC1c2ccccc2-c2ccccc21. The van der Waals surface area contributed by atoms with Crippen LogP contribution in [0.15, 0.2) is 67.0 Å². The summed E-state index contributed by atoms with van der Waals surface area (Å²) in [4.78, 5) is 26.8. The molecule has 0 bridgehead atoms. The fourth-order valence-electron chi connectivity index (χ4n) is 3.59. The number of carbonyl (C=O) groups excluding carboxylic acids is 1. The van der Waals surface area contributed by atoms with Gasteiger partial charge in [-0.15, -0.1) is 0 Å². The zero-order valence-corrected chi connectivity index (χ0v) is 16.1. The highest BCUT2D eigenvalue weighted by molar-refractivity contribution is 5.87. The van der Waals surface area contributed by atoms with Crippen LogP contribution >= 0.6 is 0 Å². The normalized spacial score (nSPS) is 12.0. The Morgan fingerprint density at radius 3 is 2.33 bits per heavy atom. The van der Waals surface area contributed by atoms with Gasteiger partial charge in [0.25, 0.3) is 0 Å². The quantitative estimate of drug-likeness (QED) is 0.583. The molecule has 1 aliphatic carbocycles. The predicted octanol–water partition coefficient (Wildman–Crippen LogP) is 3.70. The van der Waals surface area contributed by atoms with E-state index in [1.54, 1.807) is 0 Å². The van der Waals surface area contributed by atoms with Crippen molar-refractivity contribution in [3.63, 3.8) is 0 Å². The summed E-state index contributed by atoms with van der Waals surface area (Å²) >= 11 is 0. The summed E-state index contributed by atoms with van der Waals surface area (Å²) in [5.74, 6) is -0.752. The lowest BCUT2D eigenvalue weighted by Crippen LogP contribution is -2.29. The Morgan fingerprint density at radius 1 is 1.00 bits per heavy atom. The van der Waals surface area contributed by atoms with Gasteiger partial charge >= 0.3 is 12.1 Å². The smallest absolute Gasteiger partial charge is 0.407 e. The van der Waals surface area contributed by atoms with Gasteiger partial charge in [-0.3, -0.25) is 4.98 Å². The van der Waals surface area contributed by atoms with Crippen LogP contribution in [-0.2, 0) is 4.74 Å². The Bertz CT molecular complexity index is 1040. The first kappa shape index (κ1) is 19.4. The molecule has 3 aromatic rings. The van der Waals surface area contributed by atoms with Crippen LogP contribution < -0.4 is 10.1 Å². The second-order valence-electron chi connectivity index (χ2n) is 6.82. The summed E-state index contributed by atoms with van der Waals surface area (Å²) < 4.78 is 10.9. The number of carboxylic acid groups (broad SMARTS) is 1. The molecule has 0 unspecified atom stereocenters. The van der Waals surface area contributed by atoms with Crippen molar-refractivity contribution >= 4 is 12.1 Å². The minimum absolute atomic E-state index is 0.00392. The number of nitrogens with zero attached hydrogens (tertiary/aromatic N) is 1. The molecule has 0 radical (unpaired) electrons. The first-order chi connectivity index (χ1) is 14.6. The largest absolute Gasteiger partial charge is 0.490 e. The molecule has 1 heterocycles. The summed E-state index contributed by atoms with van der Waals surface area (Å²) in [6, 6.07) is 17.7. The van der Waals surface area contributed by atoms with Gasteiger partial charge in [-0.25, -0.2) is 9.59 Å². The second-order valence-corrected chi connectivity index (χ2v) is 6.82. The zero-order chi connectivity index (χ0) is 20.9. The van der Waals surface area contributed by atoms with E-state index in [0.29, 0.717) is 5.75 Å². The van der Waals surface area contributed by atoms with Gasteiger partial charge in [-0.2, -0.15) is 0 Å². The van der Waals surface area contributed by atoms with Gasteiger partial charge in [-0.1, -0.05) is 48.5 Å². The molecule has 7 nitrogen and oxygen atoms in total. The summed E-state index contributed by atoms with van der Waals surface area (Å²) in [7, 11) is 0. The van der Waals surface area contributed by atoms with E-state index >= 15 is 0 Å². The van der Waals surface area contributed by atoms with Crippen LogP contribution in [-0.4, -0.2) is 41.9 Å². The number of carboxylic acids is 1. The number of carbonyl (C=O) groups is 2. The molecule has 1 amide bonds. The molecule has 152 valence electrons. The van der Waals surface area contributed by atoms with E-state index in [-0.39, 0.29) is 31.2 Å². The van der Waals surface area contributed by atoms with Gasteiger partial charge < -0.3 is 19.9 Å². The van der Waals surface area contributed by atoms with Gasteiger partial charge in [0.2, 0.25) is 0 Å². The average Bonchev–Trinajstić information content (AvgIpc) is 3.09. The Hall–Kier alpha value is -3.87. The number of fused-ring (bicyclic) bond motifs is 3. The fraction of sp³-hybridized carbons (Fsp3) is 0.174. The third-order valence-corrected chi connectivity index (χ3v) is 4.94. The molecular formula is C23H20N2O5. The number of amides is 1. The number of nitrogens with one attached hydrogen (secondary N) is 1. The number of rotatable bonds is 7. The summed E-state index contributed by atoms with van der Waals surface area (Å²) in [5, 5.41) is 11.6. The van der Waals surface area contributed by atoms with Crippen molar-refractivity contribution in [1.82, 2.24) is 10.3 Å². The van der Waals surface area contributed by atoms with Crippen LogP contribution in [0.25, 0.3) is 11.1 Å². The predicted molar refractivity (Wildman–Crippen MR) is 110 cm³/mol. The Morgan fingerprint density at radius 2 is 1.67 bits per heavy atom. The minimum atomic E-state index is -1.08. The molecule has 0 saturated heterocycles. The van der Waals surface area contributed by atoms with Gasteiger partial charge in [0.15, 0.2) is 0 Å². The fourth-order valence-corrected chi connectivity index (χ4v) is 3.59. The average molecular weight is 404 g/mol. The van der Waals surface area contributed by atoms with Gasteiger partial charge in [0.05, 0.1) is 18.3 Å². The highest BCUT2D eigenvalue weighted by atomic mass is 16.5. The molecule has 0 spiro atoms. The number of aromatic nitrogens is 1. The van der Waals surface area contributed by atoms with Crippen molar-refractivity contribution < 1.29 is 24.2 Å². The van der Waals surface area contributed by atoms with Crippen LogP contribution in [0.5, 0.6) is 5.75 Å². The Kier molecular flexibility index (Phi) is 5.61. The third-order valence-electron chi connectivity index (χ3n) is 4.94.